The van der Waals surface area contributed by atoms with Gasteiger partial charge in [0.25, 0.3) is 0 Å². The molecule has 18 heavy (non-hydrogen) atoms. The molecule has 1 saturated carbocycles. The van der Waals surface area contributed by atoms with Gasteiger partial charge >= 0.3 is 0 Å². The Kier molecular flexibility index (Phi) is 6.12. The molecule has 1 N–H and O–H groups in total. The molecule has 3 unspecified atom stereocenters. The summed E-state index contributed by atoms with van der Waals surface area (Å²) in [7, 11) is -2.87. The summed E-state index contributed by atoms with van der Waals surface area (Å²) in [5.74, 6) is 1.87. The van der Waals surface area contributed by atoms with Crippen LogP contribution >= 0.6 is 0 Å². The van der Waals surface area contributed by atoms with E-state index in [1.165, 1.54) is 38.4 Å². The predicted octanol–water partition coefficient (Wildman–Crippen LogP) is 2.61. The van der Waals surface area contributed by atoms with Crippen molar-refractivity contribution in [3.05, 3.63) is 0 Å². The minimum Gasteiger partial charge on any atom is -0.310 e. The minimum absolute atomic E-state index is 0.0700. The van der Waals surface area contributed by atoms with Gasteiger partial charge in [-0.3, -0.25) is 0 Å². The molecule has 0 saturated heterocycles. The summed E-state index contributed by atoms with van der Waals surface area (Å²) >= 11 is 0. The monoisotopic (exact) mass is 275 g/mol. The molecule has 0 aromatic carbocycles. The van der Waals surface area contributed by atoms with E-state index in [1.54, 1.807) is 0 Å². The molecule has 0 amide bonds. The highest BCUT2D eigenvalue weighted by Crippen LogP contribution is 2.28. The zero-order valence-corrected chi connectivity index (χ0v) is 13.1. The van der Waals surface area contributed by atoms with Gasteiger partial charge in [0.2, 0.25) is 0 Å². The van der Waals surface area contributed by atoms with E-state index in [4.69, 9.17) is 0 Å². The smallest absolute Gasteiger partial charge is 0.148 e. The molecule has 4 heteroatoms. The van der Waals surface area contributed by atoms with Crippen LogP contribution in [-0.4, -0.2) is 32.5 Å². The summed E-state index contributed by atoms with van der Waals surface area (Å²) in [5, 5.41) is 3.50. The summed E-state index contributed by atoms with van der Waals surface area (Å²) in [4.78, 5) is 0. The van der Waals surface area contributed by atoms with E-state index < -0.39 is 9.84 Å². The second kappa shape index (κ2) is 6.90. The average molecular weight is 275 g/mol. The van der Waals surface area contributed by atoms with E-state index in [0.717, 1.165) is 11.8 Å². The fourth-order valence-corrected chi connectivity index (χ4v) is 4.07. The van der Waals surface area contributed by atoms with Crippen LogP contribution in [0.1, 0.15) is 52.9 Å². The maximum Gasteiger partial charge on any atom is 0.148 e. The van der Waals surface area contributed by atoms with Gasteiger partial charge in [-0.15, -0.1) is 0 Å². The zero-order chi connectivity index (χ0) is 13.8. The van der Waals surface area contributed by atoms with Crippen LogP contribution in [0.2, 0.25) is 0 Å². The lowest BCUT2D eigenvalue weighted by molar-refractivity contribution is 0.336. The van der Waals surface area contributed by atoms with Crippen molar-refractivity contribution < 1.29 is 8.42 Å². The van der Waals surface area contributed by atoms with Crippen LogP contribution in [0, 0.1) is 11.8 Å². The highest BCUT2D eigenvalue weighted by atomic mass is 32.2. The molecule has 0 aliphatic heterocycles. The Hall–Kier alpha value is -0.0900. The van der Waals surface area contributed by atoms with E-state index in [0.29, 0.717) is 6.04 Å². The fourth-order valence-electron chi connectivity index (χ4n) is 3.07. The molecule has 1 aliphatic rings. The number of nitrogens with one attached hydrogen (secondary N) is 1. The van der Waals surface area contributed by atoms with Crippen LogP contribution in [0.4, 0.5) is 0 Å². The highest BCUT2D eigenvalue weighted by molar-refractivity contribution is 7.90. The molecule has 0 bridgehead atoms. The third-order valence-electron chi connectivity index (χ3n) is 4.03. The Labute approximate surface area is 113 Å². The zero-order valence-electron chi connectivity index (χ0n) is 12.3. The van der Waals surface area contributed by atoms with Gasteiger partial charge in [-0.25, -0.2) is 8.42 Å². The Morgan fingerprint density at radius 3 is 2.33 bits per heavy atom. The molecule has 0 aromatic heterocycles. The summed E-state index contributed by atoms with van der Waals surface area (Å²) in [6.07, 6.45) is 7.57. The average Bonchev–Trinajstić information content (AvgIpc) is 2.40. The molecule has 3 atom stereocenters. The van der Waals surface area contributed by atoms with Gasteiger partial charge in [-0.05, 0) is 38.0 Å². The Bertz CT molecular complexity index is 338. The number of hydrogen-bond donors (Lipinski definition) is 1. The second-order valence-electron chi connectivity index (χ2n) is 6.37. The Morgan fingerprint density at radius 2 is 1.78 bits per heavy atom. The van der Waals surface area contributed by atoms with Gasteiger partial charge in [0.1, 0.15) is 9.84 Å². The molecule has 1 fully saturated rings. The number of rotatable bonds is 5. The van der Waals surface area contributed by atoms with Gasteiger partial charge in [-0.2, -0.15) is 0 Å². The second-order valence-corrected chi connectivity index (χ2v) is 8.55. The number of hydrogen-bond acceptors (Lipinski definition) is 3. The molecule has 108 valence electrons. The van der Waals surface area contributed by atoms with Crippen molar-refractivity contribution in [1.82, 2.24) is 5.32 Å². The SMILES string of the molecule is CC(CS(C)(=O)=O)NC1CCCC(C(C)C)CC1. The van der Waals surface area contributed by atoms with Gasteiger partial charge < -0.3 is 5.32 Å². The largest absolute Gasteiger partial charge is 0.310 e. The normalized spacial score (nSPS) is 28.1. The molecule has 0 heterocycles. The minimum atomic E-state index is -2.87. The first-order valence-electron chi connectivity index (χ1n) is 7.21. The van der Waals surface area contributed by atoms with E-state index in [2.05, 4.69) is 19.2 Å². The lowest BCUT2D eigenvalue weighted by Gasteiger charge is -2.22. The quantitative estimate of drug-likeness (QED) is 0.785. The summed E-state index contributed by atoms with van der Waals surface area (Å²) in [6.45, 7) is 6.60. The molecule has 3 nitrogen and oxygen atoms in total. The van der Waals surface area contributed by atoms with Gasteiger partial charge in [0.15, 0.2) is 0 Å². The van der Waals surface area contributed by atoms with Gasteiger partial charge in [-0.1, -0.05) is 26.7 Å². The number of sulfone groups is 1. The lowest BCUT2D eigenvalue weighted by Crippen LogP contribution is -2.40. The van der Waals surface area contributed by atoms with E-state index in [-0.39, 0.29) is 11.8 Å². The molecule has 1 rings (SSSR count). The third kappa shape index (κ3) is 6.19. The van der Waals surface area contributed by atoms with Crippen LogP contribution in [0.3, 0.4) is 0 Å². The van der Waals surface area contributed by atoms with Crippen molar-refractivity contribution in [2.75, 3.05) is 12.0 Å². The van der Waals surface area contributed by atoms with Crippen molar-refractivity contribution >= 4 is 9.84 Å². The fraction of sp³-hybridized carbons (Fsp3) is 1.00. The molecular weight excluding hydrogens is 246 g/mol. The summed E-state index contributed by atoms with van der Waals surface area (Å²) < 4.78 is 22.5. The van der Waals surface area contributed by atoms with Gasteiger partial charge in [0, 0.05) is 18.3 Å². The molecular formula is C14H29NO2S. The van der Waals surface area contributed by atoms with Crippen LogP contribution < -0.4 is 5.32 Å². The maximum atomic E-state index is 11.3. The molecule has 0 aromatic rings. The van der Waals surface area contributed by atoms with Crippen molar-refractivity contribution in [2.45, 2.75) is 65.0 Å². The van der Waals surface area contributed by atoms with Gasteiger partial charge in [0.05, 0.1) is 5.75 Å². The standard InChI is InChI=1S/C14H29NO2S/c1-11(2)13-6-5-7-14(9-8-13)15-12(3)10-18(4,16)17/h11-15H,5-10H2,1-4H3. The van der Waals surface area contributed by atoms with Crippen molar-refractivity contribution in [3.63, 3.8) is 0 Å². The first kappa shape index (κ1) is 16.0. The van der Waals surface area contributed by atoms with Crippen LogP contribution in [-0.2, 0) is 9.84 Å². The first-order valence-corrected chi connectivity index (χ1v) is 9.27. The summed E-state index contributed by atoms with van der Waals surface area (Å²) in [6, 6.07) is 0.575. The van der Waals surface area contributed by atoms with E-state index in [9.17, 15) is 8.42 Å². The highest BCUT2D eigenvalue weighted by Gasteiger charge is 2.22. The Balaban J connectivity index is 2.39. The maximum absolute atomic E-state index is 11.3. The molecule has 0 spiro atoms. The van der Waals surface area contributed by atoms with Crippen LogP contribution in [0.15, 0.2) is 0 Å². The Morgan fingerprint density at radius 1 is 1.11 bits per heavy atom. The van der Waals surface area contributed by atoms with Crippen LogP contribution in [0.25, 0.3) is 0 Å². The van der Waals surface area contributed by atoms with Crippen molar-refractivity contribution in [2.24, 2.45) is 11.8 Å². The third-order valence-corrected chi connectivity index (χ3v) is 5.13. The van der Waals surface area contributed by atoms with Crippen molar-refractivity contribution in [3.8, 4) is 0 Å². The predicted molar refractivity (Wildman–Crippen MR) is 77.5 cm³/mol. The first-order chi connectivity index (χ1) is 8.28. The van der Waals surface area contributed by atoms with E-state index >= 15 is 0 Å². The lowest BCUT2D eigenvalue weighted by atomic mass is 9.89. The van der Waals surface area contributed by atoms with Crippen molar-refractivity contribution in [1.29, 1.82) is 0 Å². The molecule has 0 radical (unpaired) electrons. The topological polar surface area (TPSA) is 46.2 Å². The molecule has 1 aliphatic carbocycles. The van der Waals surface area contributed by atoms with E-state index in [1.807, 2.05) is 6.92 Å². The summed E-state index contributed by atoms with van der Waals surface area (Å²) in [5.41, 5.74) is 0. The van der Waals surface area contributed by atoms with Crippen LogP contribution in [0.5, 0.6) is 0 Å².